The van der Waals surface area contributed by atoms with Gasteiger partial charge in [0.1, 0.15) is 11.8 Å². The smallest absolute Gasteiger partial charge is 0.327 e. The molecule has 1 saturated heterocycles. The molecular formula is C7H12N2O3. The summed E-state index contributed by atoms with van der Waals surface area (Å²) in [5.41, 5.74) is -0.953. The molecule has 5 nitrogen and oxygen atoms in total. The first kappa shape index (κ1) is 8.99. The fourth-order valence-electron chi connectivity index (χ4n) is 1.31. The van der Waals surface area contributed by atoms with E-state index in [1.54, 1.807) is 13.8 Å². The highest BCUT2D eigenvalue weighted by atomic mass is 16.3. The molecule has 68 valence electrons. The van der Waals surface area contributed by atoms with Gasteiger partial charge in [0.25, 0.3) is 5.91 Å². The van der Waals surface area contributed by atoms with Gasteiger partial charge in [-0.25, -0.2) is 4.79 Å². The molecule has 0 radical (unpaired) electrons. The van der Waals surface area contributed by atoms with E-state index in [0.717, 1.165) is 4.90 Å². The zero-order valence-electron chi connectivity index (χ0n) is 7.29. The minimum absolute atomic E-state index is 0.381. The summed E-state index contributed by atoms with van der Waals surface area (Å²) in [4.78, 5) is 23.3. The molecule has 1 atom stereocenters. The molecule has 1 unspecified atom stereocenters. The van der Waals surface area contributed by atoms with Gasteiger partial charge in [0.2, 0.25) is 0 Å². The minimum atomic E-state index is -0.953. The second kappa shape index (κ2) is 2.45. The number of imide groups is 1. The van der Waals surface area contributed by atoms with Crippen LogP contribution in [0.4, 0.5) is 4.79 Å². The fourth-order valence-corrected chi connectivity index (χ4v) is 1.31. The summed E-state index contributed by atoms with van der Waals surface area (Å²) < 4.78 is 0. The van der Waals surface area contributed by atoms with Crippen LogP contribution in [0.25, 0.3) is 0 Å². The molecule has 0 aromatic rings. The van der Waals surface area contributed by atoms with Crippen molar-refractivity contribution in [3.8, 4) is 0 Å². The van der Waals surface area contributed by atoms with Crippen LogP contribution in [0.3, 0.4) is 0 Å². The Morgan fingerprint density at radius 3 is 2.17 bits per heavy atom. The van der Waals surface area contributed by atoms with E-state index in [0.29, 0.717) is 0 Å². The number of hydrogen-bond acceptors (Lipinski definition) is 3. The van der Waals surface area contributed by atoms with Gasteiger partial charge in [0.05, 0.1) is 0 Å². The maximum atomic E-state index is 11.1. The predicted octanol–water partition coefficient (Wildman–Crippen LogP) is -0.345. The van der Waals surface area contributed by atoms with Gasteiger partial charge in [-0.15, -0.1) is 0 Å². The lowest BCUT2D eigenvalue weighted by atomic mass is 10.0. The zero-order valence-corrected chi connectivity index (χ0v) is 7.29. The number of aliphatic hydroxyl groups excluding tert-OH is 1. The second-order valence-corrected chi connectivity index (χ2v) is 3.32. The maximum Gasteiger partial charge on any atom is 0.327 e. The molecular weight excluding hydrogens is 160 g/mol. The largest absolute Gasteiger partial charge is 0.374 e. The summed E-state index contributed by atoms with van der Waals surface area (Å²) in [7, 11) is 0. The van der Waals surface area contributed by atoms with E-state index >= 15 is 0 Å². The van der Waals surface area contributed by atoms with Gasteiger partial charge in [-0.3, -0.25) is 15.0 Å². The standard InChI is InChI=1S/C7H12N2O3/c1-4(10)9-6(12)8-5(11)7(9,2)3/h4,10H,1-3H3,(H,8,11,12). The average Bonchev–Trinajstić information content (AvgIpc) is 2.02. The number of rotatable bonds is 1. The Labute approximate surface area is 70.4 Å². The molecule has 1 aliphatic heterocycles. The van der Waals surface area contributed by atoms with Crippen LogP contribution >= 0.6 is 0 Å². The van der Waals surface area contributed by atoms with Crippen LogP contribution in [0.2, 0.25) is 0 Å². The lowest BCUT2D eigenvalue weighted by molar-refractivity contribution is -0.127. The summed E-state index contributed by atoms with van der Waals surface area (Å²) in [6, 6.07) is -0.542. The number of amides is 3. The molecule has 0 spiro atoms. The molecule has 1 aliphatic rings. The third kappa shape index (κ3) is 1.06. The topological polar surface area (TPSA) is 69.6 Å². The Kier molecular flexibility index (Phi) is 1.83. The first-order chi connectivity index (χ1) is 5.37. The van der Waals surface area contributed by atoms with Gasteiger partial charge in [-0.05, 0) is 20.8 Å². The Morgan fingerprint density at radius 2 is 2.00 bits per heavy atom. The second-order valence-electron chi connectivity index (χ2n) is 3.32. The normalized spacial score (nSPS) is 24.2. The van der Waals surface area contributed by atoms with E-state index < -0.39 is 17.8 Å². The molecule has 5 heteroatoms. The van der Waals surface area contributed by atoms with E-state index in [2.05, 4.69) is 5.32 Å². The van der Waals surface area contributed by atoms with E-state index in [1.807, 2.05) is 0 Å². The Balaban J connectivity index is 2.99. The molecule has 2 N–H and O–H groups in total. The highest BCUT2D eigenvalue weighted by molar-refractivity contribution is 6.06. The van der Waals surface area contributed by atoms with Crippen molar-refractivity contribution in [1.29, 1.82) is 0 Å². The average molecular weight is 172 g/mol. The lowest BCUT2D eigenvalue weighted by Crippen LogP contribution is -2.48. The SMILES string of the molecule is CC(O)N1C(=O)NC(=O)C1(C)C. The summed E-state index contributed by atoms with van der Waals surface area (Å²) in [6.45, 7) is 4.61. The van der Waals surface area contributed by atoms with Gasteiger partial charge < -0.3 is 5.11 Å². The van der Waals surface area contributed by atoms with Crippen molar-refractivity contribution in [3.63, 3.8) is 0 Å². The number of urea groups is 1. The van der Waals surface area contributed by atoms with Crippen molar-refractivity contribution in [3.05, 3.63) is 0 Å². The fraction of sp³-hybridized carbons (Fsp3) is 0.714. The summed E-state index contributed by atoms with van der Waals surface area (Å²) in [5.74, 6) is -0.381. The minimum Gasteiger partial charge on any atom is -0.374 e. The molecule has 1 fully saturated rings. The van der Waals surface area contributed by atoms with Crippen molar-refractivity contribution >= 4 is 11.9 Å². The number of carbonyl (C=O) groups excluding carboxylic acids is 2. The van der Waals surface area contributed by atoms with Crippen molar-refractivity contribution in [1.82, 2.24) is 10.2 Å². The van der Waals surface area contributed by atoms with Crippen LogP contribution in [-0.4, -0.2) is 33.7 Å². The Hall–Kier alpha value is -1.10. The number of nitrogens with zero attached hydrogens (tertiary/aromatic N) is 1. The van der Waals surface area contributed by atoms with E-state index in [1.165, 1.54) is 6.92 Å². The first-order valence-electron chi connectivity index (χ1n) is 3.70. The lowest BCUT2D eigenvalue weighted by Gasteiger charge is -2.30. The van der Waals surface area contributed by atoms with Crippen LogP contribution in [0.15, 0.2) is 0 Å². The van der Waals surface area contributed by atoms with Crippen LogP contribution in [0.5, 0.6) is 0 Å². The number of nitrogens with one attached hydrogen (secondary N) is 1. The highest BCUT2D eigenvalue weighted by Crippen LogP contribution is 2.22. The third-order valence-corrected chi connectivity index (χ3v) is 1.97. The van der Waals surface area contributed by atoms with Gasteiger partial charge >= 0.3 is 6.03 Å². The molecule has 0 aromatic carbocycles. The Bertz CT molecular complexity index is 235. The maximum absolute atomic E-state index is 11.1. The molecule has 1 rings (SSSR count). The van der Waals surface area contributed by atoms with Gasteiger partial charge in [0.15, 0.2) is 0 Å². The molecule has 0 bridgehead atoms. The Morgan fingerprint density at radius 1 is 1.50 bits per heavy atom. The molecule has 12 heavy (non-hydrogen) atoms. The number of aliphatic hydroxyl groups is 1. The van der Waals surface area contributed by atoms with Crippen molar-refractivity contribution < 1.29 is 14.7 Å². The van der Waals surface area contributed by atoms with Gasteiger partial charge in [0, 0.05) is 0 Å². The number of carbonyl (C=O) groups is 2. The highest BCUT2D eigenvalue weighted by Gasteiger charge is 2.47. The third-order valence-electron chi connectivity index (χ3n) is 1.97. The van der Waals surface area contributed by atoms with Gasteiger partial charge in [-0.1, -0.05) is 0 Å². The van der Waals surface area contributed by atoms with Crippen LogP contribution in [0.1, 0.15) is 20.8 Å². The van der Waals surface area contributed by atoms with Gasteiger partial charge in [-0.2, -0.15) is 0 Å². The van der Waals surface area contributed by atoms with Crippen molar-refractivity contribution in [2.75, 3.05) is 0 Å². The van der Waals surface area contributed by atoms with E-state index in [9.17, 15) is 14.7 Å². The summed E-state index contributed by atoms with van der Waals surface area (Å²) >= 11 is 0. The quantitative estimate of drug-likeness (QED) is 0.531. The van der Waals surface area contributed by atoms with Crippen molar-refractivity contribution in [2.24, 2.45) is 0 Å². The van der Waals surface area contributed by atoms with Crippen LogP contribution in [0, 0.1) is 0 Å². The van der Waals surface area contributed by atoms with Crippen molar-refractivity contribution in [2.45, 2.75) is 32.5 Å². The molecule has 0 aromatic heterocycles. The van der Waals surface area contributed by atoms with E-state index in [4.69, 9.17) is 0 Å². The summed E-state index contributed by atoms with van der Waals surface area (Å²) in [5, 5.41) is 11.3. The molecule has 0 aliphatic carbocycles. The predicted molar refractivity (Wildman–Crippen MR) is 41.1 cm³/mol. The molecule has 3 amide bonds. The monoisotopic (exact) mass is 172 g/mol. The van der Waals surface area contributed by atoms with E-state index in [-0.39, 0.29) is 5.91 Å². The molecule has 0 saturated carbocycles. The summed E-state index contributed by atoms with van der Waals surface area (Å²) in [6.07, 6.45) is -0.952. The van der Waals surface area contributed by atoms with Crippen LogP contribution in [-0.2, 0) is 4.79 Å². The zero-order chi connectivity index (χ0) is 9.52. The molecule has 1 heterocycles. The first-order valence-corrected chi connectivity index (χ1v) is 3.70. The number of hydrogen-bond donors (Lipinski definition) is 2. The van der Waals surface area contributed by atoms with Crippen LogP contribution < -0.4 is 5.32 Å².